The van der Waals surface area contributed by atoms with E-state index in [-0.39, 0.29) is 29.3 Å². The van der Waals surface area contributed by atoms with Crippen molar-refractivity contribution >= 4 is 17.1 Å². The molecule has 0 amide bonds. The van der Waals surface area contributed by atoms with Crippen LogP contribution in [0.1, 0.15) is 5.56 Å². The Morgan fingerprint density at radius 1 is 1.16 bits per heavy atom. The van der Waals surface area contributed by atoms with Crippen LogP contribution in [0.25, 0.3) is 22.6 Å². The average molecular weight is 257 g/mol. The summed E-state index contributed by atoms with van der Waals surface area (Å²) in [6, 6.07) is 7.19. The second kappa shape index (κ2) is 4.21. The number of nitrogen functional groups attached to an aromatic ring is 1. The molecule has 7 heteroatoms. The number of hydrogen-bond acceptors (Lipinski definition) is 5. The molecule has 5 N–H and O–H groups in total. The van der Waals surface area contributed by atoms with Crippen molar-refractivity contribution in [3.8, 4) is 11.4 Å². The number of rotatable bonds is 2. The fourth-order valence-electron chi connectivity index (χ4n) is 1.83. The van der Waals surface area contributed by atoms with Crippen LogP contribution in [0.2, 0.25) is 0 Å². The summed E-state index contributed by atoms with van der Waals surface area (Å²) in [5.74, 6) is 0.564. The molecule has 19 heavy (non-hydrogen) atoms. The monoisotopic (exact) mass is 257 g/mol. The topological polar surface area (TPSA) is 121 Å². The summed E-state index contributed by atoms with van der Waals surface area (Å²) in [5, 5.41) is 8.99. The molecule has 1 aromatic carbocycles. The molecule has 0 aliphatic rings. The van der Waals surface area contributed by atoms with Crippen LogP contribution in [0.15, 0.2) is 29.1 Å². The first-order chi connectivity index (χ1) is 9.17. The first kappa shape index (κ1) is 11.4. The van der Waals surface area contributed by atoms with Gasteiger partial charge in [-0.2, -0.15) is 4.98 Å². The molecule has 0 atom stereocenters. The van der Waals surface area contributed by atoms with Crippen molar-refractivity contribution in [2.45, 2.75) is 6.61 Å². The van der Waals surface area contributed by atoms with E-state index in [0.29, 0.717) is 5.82 Å². The third-order valence-electron chi connectivity index (χ3n) is 2.79. The smallest absolute Gasteiger partial charge is 0.278 e. The summed E-state index contributed by atoms with van der Waals surface area (Å²) in [6.07, 6.45) is 0. The van der Waals surface area contributed by atoms with Gasteiger partial charge in [-0.3, -0.25) is 9.78 Å². The van der Waals surface area contributed by atoms with Crippen molar-refractivity contribution in [3.63, 3.8) is 0 Å². The molecule has 0 unspecified atom stereocenters. The SMILES string of the molecule is Nc1nc2nc(-c3ccc(CO)cc3)[nH]c2c(=O)[nH]1. The van der Waals surface area contributed by atoms with Crippen LogP contribution in [0.3, 0.4) is 0 Å². The number of imidazole rings is 1. The van der Waals surface area contributed by atoms with E-state index in [9.17, 15) is 4.79 Å². The normalized spacial score (nSPS) is 11.0. The van der Waals surface area contributed by atoms with E-state index in [0.717, 1.165) is 11.1 Å². The highest BCUT2D eigenvalue weighted by atomic mass is 16.3. The van der Waals surface area contributed by atoms with Crippen LogP contribution in [-0.2, 0) is 6.61 Å². The lowest BCUT2D eigenvalue weighted by Gasteiger charge is -1.98. The number of aliphatic hydroxyl groups excluding tert-OH is 1. The zero-order valence-electron chi connectivity index (χ0n) is 9.84. The Hall–Kier alpha value is -2.67. The van der Waals surface area contributed by atoms with Gasteiger partial charge in [0.1, 0.15) is 5.82 Å². The second-order valence-electron chi connectivity index (χ2n) is 4.09. The van der Waals surface area contributed by atoms with Gasteiger partial charge in [-0.15, -0.1) is 0 Å². The van der Waals surface area contributed by atoms with Crippen LogP contribution in [0.4, 0.5) is 5.95 Å². The standard InChI is InChI=1S/C12H11N5O2/c13-12-16-10-8(11(19)17-12)14-9(15-10)7-3-1-6(5-18)2-4-7/h1-4,18H,5H2,(H4,13,14,15,16,17,19). The number of aromatic amines is 2. The Morgan fingerprint density at radius 3 is 2.58 bits per heavy atom. The molecular weight excluding hydrogens is 246 g/mol. The van der Waals surface area contributed by atoms with Crippen molar-refractivity contribution in [1.29, 1.82) is 0 Å². The minimum atomic E-state index is -0.353. The fourth-order valence-corrected chi connectivity index (χ4v) is 1.83. The molecule has 0 bridgehead atoms. The van der Waals surface area contributed by atoms with E-state index in [1.165, 1.54) is 0 Å². The second-order valence-corrected chi connectivity index (χ2v) is 4.09. The van der Waals surface area contributed by atoms with Crippen LogP contribution < -0.4 is 11.3 Å². The number of hydrogen-bond donors (Lipinski definition) is 4. The molecule has 3 rings (SSSR count). The number of aliphatic hydroxyl groups is 1. The summed E-state index contributed by atoms with van der Waals surface area (Å²) in [4.78, 5) is 25.2. The van der Waals surface area contributed by atoms with E-state index in [2.05, 4.69) is 19.9 Å². The van der Waals surface area contributed by atoms with E-state index >= 15 is 0 Å². The van der Waals surface area contributed by atoms with Crippen molar-refractivity contribution < 1.29 is 5.11 Å². The third kappa shape index (κ3) is 1.95. The number of anilines is 1. The zero-order chi connectivity index (χ0) is 13.4. The molecule has 2 heterocycles. The lowest BCUT2D eigenvalue weighted by Crippen LogP contribution is -2.10. The zero-order valence-corrected chi connectivity index (χ0v) is 9.84. The number of nitrogens with zero attached hydrogens (tertiary/aromatic N) is 2. The van der Waals surface area contributed by atoms with Gasteiger partial charge in [0.05, 0.1) is 6.61 Å². The molecule has 96 valence electrons. The van der Waals surface area contributed by atoms with Gasteiger partial charge in [-0.1, -0.05) is 24.3 Å². The molecule has 0 radical (unpaired) electrons. The van der Waals surface area contributed by atoms with Crippen LogP contribution >= 0.6 is 0 Å². The van der Waals surface area contributed by atoms with Gasteiger partial charge in [0, 0.05) is 5.56 Å². The van der Waals surface area contributed by atoms with Crippen molar-refractivity contribution in [2.75, 3.05) is 5.73 Å². The Morgan fingerprint density at radius 2 is 1.89 bits per heavy atom. The van der Waals surface area contributed by atoms with Gasteiger partial charge in [0.25, 0.3) is 5.56 Å². The molecule has 2 aromatic heterocycles. The maximum Gasteiger partial charge on any atom is 0.278 e. The van der Waals surface area contributed by atoms with Gasteiger partial charge in [-0.05, 0) is 5.56 Å². The largest absolute Gasteiger partial charge is 0.392 e. The highest BCUT2D eigenvalue weighted by Gasteiger charge is 2.10. The summed E-state index contributed by atoms with van der Waals surface area (Å²) < 4.78 is 0. The summed E-state index contributed by atoms with van der Waals surface area (Å²) in [6.45, 7) is -0.0157. The van der Waals surface area contributed by atoms with Gasteiger partial charge in [0.15, 0.2) is 11.2 Å². The minimum absolute atomic E-state index is 0.0157. The lowest BCUT2D eigenvalue weighted by atomic mass is 10.1. The van der Waals surface area contributed by atoms with Crippen LogP contribution in [-0.4, -0.2) is 25.0 Å². The predicted octanol–water partition coefficient (Wildman–Crippen LogP) is 0.388. The molecular formula is C12H11N5O2. The van der Waals surface area contributed by atoms with Crippen molar-refractivity contribution in [3.05, 3.63) is 40.2 Å². The summed E-state index contributed by atoms with van der Waals surface area (Å²) >= 11 is 0. The van der Waals surface area contributed by atoms with Gasteiger partial charge in [-0.25, -0.2) is 4.98 Å². The number of fused-ring (bicyclic) bond motifs is 1. The van der Waals surface area contributed by atoms with E-state index in [4.69, 9.17) is 10.8 Å². The third-order valence-corrected chi connectivity index (χ3v) is 2.79. The van der Waals surface area contributed by atoms with E-state index in [1.807, 2.05) is 0 Å². The Labute approximate surface area is 107 Å². The maximum atomic E-state index is 11.7. The first-order valence-corrected chi connectivity index (χ1v) is 5.63. The van der Waals surface area contributed by atoms with Gasteiger partial charge in [0.2, 0.25) is 5.95 Å². The number of aromatic nitrogens is 4. The number of nitrogens with one attached hydrogen (secondary N) is 2. The summed E-state index contributed by atoms with van der Waals surface area (Å²) in [5.41, 5.74) is 7.28. The Bertz CT molecular complexity index is 788. The number of benzene rings is 1. The fraction of sp³-hybridized carbons (Fsp3) is 0.0833. The molecule has 7 nitrogen and oxygen atoms in total. The number of nitrogens with two attached hydrogens (primary N) is 1. The van der Waals surface area contributed by atoms with E-state index in [1.54, 1.807) is 24.3 Å². The first-order valence-electron chi connectivity index (χ1n) is 5.63. The van der Waals surface area contributed by atoms with Crippen LogP contribution in [0, 0.1) is 0 Å². The maximum absolute atomic E-state index is 11.7. The molecule has 3 aromatic rings. The predicted molar refractivity (Wildman–Crippen MR) is 70.3 cm³/mol. The summed E-state index contributed by atoms with van der Waals surface area (Å²) in [7, 11) is 0. The average Bonchev–Trinajstić information content (AvgIpc) is 2.83. The Balaban J connectivity index is 2.14. The van der Waals surface area contributed by atoms with Crippen LogP contribution in [0.5, 0.6) is 0 Å². The number of H-pyrrole nitrogens is 2. The molecule has 0 spiro atoms. The highest BCUT2D eigenvalue weighted by molar-refractivity contribution is 5.75. The Kier molecular flexibility index (Phi) is 2.53. The van der Waals surface area contributed by atoms with Gasteiger partial charge >= 0.3 is 0 Å². The highest BCUT2D eigenvalue weighted by Crippen LogP contribution is 2.18. The van der Waals surface area contributed by atoms with Crippen molar-refractivity contribution in [2.24, 2.45) is 0 Å². The van der Waals surface area contributed by atoms with Gasteiger partial charge < -0.3 is 15.8 Å². The molecule has 0 saturated heterocycles. The molecule has 0 fully saturated rings. The molecule has 0 aliphatic carbocycles. The molecule has 0 aliphatic heterocycles. The van der Waals surface area contributed by atoms with E-state index < -0.39 is 0 Å². The lowest BCUT2D eigenvalue weighted by molar-refractivity contribution is 0.282. The quantitative estimate of drug-likeness (QED) is 0.529. The molecule has 0 saturated carbocycles. The minimum Gasteiger partial charge on any atom is -0.392 e. The van der Waals surface area contributed by atoms with Crippen molar-refractivity contribution in [1.82, 2.24) is 19.9 Å².